The molecule has 30 heavy (non-hydrogen) atoms. The number of amides is 1. The standard InChI is InChI=1S/C19H25F3N2O5S/c1-3-13(2)23-17(25)12-29-18(26)14-7-9-24(10-8-14)30(27,28)16-6-4-5-15(11-16)19(20,21)22/h4-6,11,13-14H,3,7-10,12H2,1-2H3,(H,23,25). The number of halogens is 3. The third-order valence-electron chi connectivity index (χ3n) is 4.95. The summed E-state index contributed by atoms with van der Waals surface area (Å²) in [4.78, 5) is 23.4. The van der Waals surface area contributed by atoms with Gasteiger partial charge in [0.05, 0.1) is 16.4 Å². The lowest BCUT2D eigenvalue weighted by Crippen LogP contribution is -2.41. The zero-order chi connectivity index (χ0) is 22.5. The van der Waals surface area contributed by atoms with Crippen LogP contribution in [0.2, 0.25) is 0 Å². The van der Waals surface area contributed by atoms with Crippen LogP contribution in [0.5, 0.6) is 0 Å². The highest BCUT2D eigenvalue weighted by Crippen LogP contribution is 2.32. The van der Waals surface area contributed by atoms with Gasteiger partial charge < -0.3 is 10.1 Å². The van der Waals surface area contributed by atoms with E-state index in [0.29, 0.717) is 6.07 Å². The van der Waals surface area contributed by atoms with Crippen LogP contribution in [0.4, 0.5) is 13.2 Å². The van der Waals surface area contributed by atoms with E-state index in [-0.39, 0.29) is 32.0 Å². The Morgan fingerprint density at radius 1 is 1.27 bits per heavy atom. The molecule has 1 aromatic rings. The van der Waals surface area contributed by atoms with Crippen molar-refractivity contribution >= 4 is 21.9 Å². The molecule has 1 unspecified atom stereocenters. The van der Waals surface area contributed by atoms with Crippen molar-refractivity contribution < 1.29 is 35.9 Å². The van der Waals surface area contributed by atoms with Crippen molar-refractivity contribution in [1.29, 1.82) is 0 Å². The summed E-state index contributed by atoms with van der Waals surface area (Å²) in [7, 11) is -4.12. The summed E-state index contributed by atoms with van der Waals surface area (Å²) in [5.41, 5.74) is -1.04. The second kappa shape index (κ2) is 9.78. The summed E-state index contributed by atoms with van der Waals surface area (Å²) in [6.07, 6.45) is -3.60. The molecule has 2 rings (SSSR count). The van der Waals surface area contributed by atoms with Crippen LogP contribution in [0, 0.1) is 5.92 Å². The molecule has 0 bridgehead atoms. The molecule has 1 aliphatic heterocycles. The number of esters is 1. The molecule has 1 heterocycles. The van der Waals surface area contributed by atoms with Crippen LogP contribution in [0.1, 0.15) is 38.7 Å². The number of piperidine rings is 1. The monoisotopic (exact) mass is 450 g/mol. The van der Waals surface area contributed by atoms with Gasteiger partial charge >= 0.3 is 12.1 Å². The Morgan fingerprint density at radius 3 is 2.47 bits per heavy atom. The SMILES string of the molecule is CCC(C)NC(=O)COC(=O)C1CCN(S(=O)(=O)c2cccc(C(F)(F)F)c2)CC1. The highest BCUT2D eigenvalue weighted by Gasteiger charge is 2.35. The summed E-state index contributed by atoms with van der Waals surface area (Å²) in [6, 6.07) is 3.52. The molecule has 1 atom stereocenters. The van der Waals surface area contributed by atoms with Crippen LogP contribution >= 0.6 is 0 Å². The van der Waals surface area contributed by atoms with E-state index in [1.54, 1.807) is 0 Å². The summed E-state index contributed by atoms with van der Waals surface area (Å²) in [5.74, 6) is -1.58. The number of benzene rings is 1. The Bertz CT molecular complexity index is 865. The topological polar surface area (TPSA) is 92.8 Å². The van der Waals surface area contributed by atoms with Gasteiger partial charge in [-0.15, -0.1) is 0 Å². The summed E-state index contributed by atoms with van der Waals surface area (Å²) in [6.45, 7) is 3.25. The van der Waals surface area contributed by atoms with Crippen molar-refractivity contribution in [3.05, 3.63) is 29.8 Å². The normalized spacial score (nSPS) is 17.4. The number of carbonyl (C=O) groups is 2. The number of ether oxygens (including phenoxy) is 1. The van der Waals surface area contributed by atoms with Gasteiger partial charge in [-0.1, -0.05) is 13.0 Å². The van der Waals surface area contributed by atoms with Crippen molar-refractivity contribution in [1.82, 2.24) is 9.62 Å². The number of carbonyl (C=O) groups excluding carboxylic acids is 2. The van der Waals surface area contributed by atoms with Gasteiger partial charge in [-0.05, 0) is 44.4 Å². The lowest BCUT2D eigenvalue weighted by molar-refractivity contribution is -0.153. The fraction of sp³-hybridized carbons (Fsp3) is 0.579. The fourth-order valence-electron chi connectivity index (χ4n) is 2.99. The Balaban J connectivity index is 1.93. The third-order valence-corrected chi connectivity index (χ3v) is 6.85. The highest BCUT2D eigenvalue weighted by molar-refractivity contribution is 7.89. The first-order valence-corrected chi connectivity index (χ1v) is 11.0. The van der Waals surface area contributed by atoms with Gasteiger partial charge in [-0.25, -0.2) is 8.42 Å². The predicted molar refractivity (Wildman–Crippen MR) is 102 cm³/mol. The molecular weight excluding hydrogens is 425 g/mol. The largest absolute Gasteiger partial charge is 0.455 e. The minimum atomic E-state index is -4.65. The number of hydrogen-bond donors (Lipinski definition) is 1. The molecule has 168 valence electrons. The number of alkyl halides is 3. The Hall–Kier alpha value is -2.14. The maximum Gasteiger partial charge on any atom is 0.416 e. The van der Waals surface area contributed by atoms with Crippen LogP contribution in [0.25, 0.3) is 0 Å². The van der Waals surface area contributed by atoms with Gasteiger partial charge in [0.2, 0.25) is 10.0 Å². The second-order valence-corrected chi connectivity index (χ2v) is 9.13. The predicted octanol–water partition coefficient (Wildman–Crippen LogP) is 2.56. The average molecular weight is 450 g/mol. The first-order chi connectivity index (χ1) is 13.9. The average Bonchev–Trinajstić information content (AvgIpc) is 2.71. The van der Waals surface area contributed by atoms with Crippen molar-refractivity contribution in [3.63, 3.8) is 0 Å². The van der Waals surface area contributed by atoms with Gasteiger partial charge in [-0.2, -0.15) is 17.5 Å². The molecule has 11 heteroatoms. The molecule has 1 aromatic carbocycles. The molecule has 1 saturated heterocycles. The smallest absolute Gasteiger partial charge is 0.416 e. The van der Waals surface area contributed by atoms with Crippen LogP contribution in [0.3, 0.4) is 0 Å². The maximum absolute atomic E-state index is 12.9. The molecule has 0 saturated carbocycles. The minimum absolute atomic E-state index is 0.0303. The lowest BCUT2D eigenvalue weighted by Gasteiger charge is -2.30. The fourth-order valence-corrected chi connectivity index (χ4v) is 4.50. The third kappa shape index (κ3) is 6.18. The van der Waals surface area contributed by atoms with Gasteiger partial charge in [-0.3, -0.25) is 9.59 Å². The van der Waals surface area contributed by atoms with Gasteiger partial charge in [0.15, 0.2) is 6.61 Å². The Kier molecular flexibility index (Phi) is 7.87. The summed E-state index contributed by atoms with van der Waals surface area (Å²) < 4.78 is 70.0. The number of nitrogens with one attached hydrogen (secondary N) is 1. The van der Waals surface area contributed by atoms with Gasteiger partial charge in [0.1, 0.15) is 0 Å². The zero-order valence-corrected chi connectivity index (χ0v) is 17.6. The van der Waals surface area contributed by atoms with Crippen molar-refractivity contribution in [2.75, 3.05) is 19.7 Å². The van der Waals surface area contributed by atoms with E-state index in [9.17, 15) is 31.2 Å². The number of hydrogen-bond acceptors (Lipinski definition) is 5. The lowest BCUT2D eigenvalue weighted by atomic mass is 9.98. The van der Waals surface area contributed by atoms with Crippen molar-refractivity contribution in [3.8, 4) is 0 Å². The number of rotatable bonds is 7. The van der Waals surface area contributed by atoms with E-state index in [1.165, 1.54) is 0 Å². The quantitative estimate of drug-likeness (QED) is 0.645. The second-order valence-electron chi connectivity index (χ2n) is 7.19. The summed E-state index contributed by atoms with van der Waals surface area (Å²) >= 11 is 0. The minimum Gasteiger partial charge on any atom is -0.455 e. The van der Waals surface area contributed by atoms with E-state index >= 15 is 0 Å². The molecule has 1 fully saturated rings. The van der Waals surface area contributed by atoms with Crippen LogP contribution in [-0.2, 0) is 30.5 Å². The molecule has 0 radical (unpaired) electrons. The molecule has 7 nitrogen and oxygen atoms in total. The highest BCUT2D eigenvalue weighted by atomic mass is 32.2. The molecule has 1 N–H and O–H groups in total. The van der Waals surface area contributed by atoms with E-state index in [1.807, 2.05) is 13.8 Å². The Labute approximate surface area is 173 Å². The van der Waals surface area contributed by atoms with E-state index in [0.717, 1.165) is 28.9 Å². The van der Waals surface area contributed by atoms with E-state index in [4.69, 9.17) is 4.74 Å². The molecule has 1 amide bonds. The van der Waals surface area contributed by atoms with Gasteiger partial charge in [0, 0.05) is 19.1 Å². The molecular formula is C19H25F3N2O5S. The number of nitrogens with zero attached hydrogens (tertiary/aromatic N) is 1. The van der Waals surface area contributed by atoms with Crippen LogP contribution in [-0.4, -0.2) is 50.3 Å². The van der Waals surface area contributed by atoms with Crippen molar-refractivity contribution in [2.45, 2.75) is 50.2 Å². The Morgan fingerprint density at radius 2 is 1.90 bits per heavy atom. The zero-order valence-electron chi connectivity index (χ0n) is 16.7. The van der Waals surface area contributed by atoms with Gasteiger partial charge in [0.25, 0.3) is 5.91 Å². The van der Waals surface area contributed by atoms with Crippen LogP contribution < -0.4 is 5.32 Å². The first kappa shape index (κ1) is 24.1. The summed E-state index contributed by atoms with van der Waals surface area (Å²) in [5, 5.41) is 2.66. The first-order valence-electron chi connectivity index (χ1n) is 9.58. The van der Waals surface area contributed by atoms with Crippen molar-refractivity contribution in [2.24, 2.45) is 5.92 Å². The molecule has 0 aliphatic carbocycles. The van der Waals surface area contributed by atoms with E-state index in [2.05, 4.69) is 5.32 Å². The van der Waals surface area contributed by atoms with Crippen LogP contribution in [0.15, 0.2) is 29.2 Å². The van der Waals surface area contributed by atoms with E-state index < -0.39 is 51.1 Å². The molecule has 0 aromatic heterocycles. The maximum atomic E-state index is 12.9. The molecule has 0 spiro atoms. The number of sulfonamides is 1. The molecule has 1 aliphatic rings.